The number of rotatable bonds is 4. The molecule has 128 valence electrons. The molecular weight excluding hydrogens is 326 g/mol. The highest BCUT2D eigenvalue weighted by molar-refractivity contribution is 6.29. The molecule has 0 radical (unpaired) electrons. The summed E-state index contributed by atoms with van der Waals surface area (Å²) in [6.07, 6.45) is 3.30. The van der Waals surface area contributed by atoms with Crippen LogP contribution in [0.4, 0.5) is 0 Å². The second kappa shape index (κ2) is 7.33. The molecule has 0 aromatic carbocycles. The number of likely N-dealkylation sites (tertiary alicyclic amines) is 1. The van der Waals surface area contributed by atoms with E-state index in [2.05, 4.69) is 22.9 Å². The maximum absolute atomic E-state index is 12.0. The van der Waals surface area contributed by atoms with Crippen molar-refractivity contribution in [1.82, 2.24) is 9.88 Å². The molecule has 24 heavy (non-hydrogen) atoms. The summed E-state index contributed by atoms with van der Waals surface area (Å²) in [5.41, 5.74) is 2.29. The fourth-order valence-corrected chi connectivity index (χ4v) is 3.08. The average molecular weight is 348 g/mol. The standard InChI is InChI=1S/C18H22ClN3O2/c1-12-11-21-16(19)9-14(12)17(15(10-20)13(2)23)22-7-5-18(3,24-4)6-8-22/h9,11H,5-8H2,1-4H3/b17-15+. The zero-order chi connectivity index (χ0) is 17.9. The Morgan fingerprint density at radius 1 is 1.46 bits per heavy atom. The third kappa shape index (κ3) is 3.77. The van der Waals surface area contributed by atoms with Crippen LogP contribution in [0.25, 0.3) is 5.70 Å². The molecule has 1 aromatic heterocycles. The van der Waals surface area contributed by atoms with Gasteiger partial charge in [-0.1, -0.05) is 11.6 Å². The third-order valence-electron chi connectivity index (χ3n) is 4.66. The fourth-order valence-electron chi connectivity index (χ4n) is 2.92. The van der Waals surface area contributed by atoms with Crippen LogP contribution in [0, 0.1) is 18.3 Å². The molecule has 1 saturated heterocycles. The number of carbonyl (C=O) groups is 1. The number of allylic oxidation sites excluding steroid dienone is 1. The Morgan fingerprint density at radius 3 is 2.58 bits per heavy atom. The van der Waals surface area contributed by atoms with Crippen LogP contribution < -0.4 is 0 Å². The summed E-state index contributed by atoms with van der Waals surface area (Å²) >= 11 is 6.05. The van der Waals surface area contributed by atoms with Gasteiger partial charge in [-0.3, -0.25) is 4.79 Å². The average Bonchev–Trinajstić information content (AvgIpc) is 2.56. The Labute approximate surface area is 147 Å². The summed E-state index contributed by atoms with van der Waals surface area (Å²) in [5.74, 6) is -0.250. The molecule has 0 atom stereocenters. The Balaban J connectivity index is 2.53. The van der Waals surface area contributed by atoms with Crippen LogP contribution >= 0.6 is 11.6 Å². The van der Waals surface area contributed by atoms with Gasteiger partial charge in [0.2, 0.25) is 0 Å². The van der Waals surface area contributed by atoms with Crippen LogP contribution in [0.3, 0.4) is 0 Å². The smallest absolute Gasteiger partial charge is 0.172 e. The molecule has 1 aliphatic rings. The molecule has 0 unspecified atom stereocenters. The first-order valence-corrected chi connectivity index (χ1v) is 8.27. The SMILES string of the molecule is COC1(C)CCN(/C(=C(\C#N)C(C)=O)c2cc(Cl)ncc2C)CC1. The number of carbonyl (C=O) groups excluding carboxylic acids is 1. The van der Waals surface area contributed by atoms with Crippen molar-refractivity contribution in [3.63, 3.8) is 0 Å². The van der Waals surface area contributed by atoms with Gasteiger partial charge >= 0.3 is 0 Å². The molecule has 1 fully saturated rings. The molecule has 6 heteroatoms. The first-order valence-electron chi connectivity index (χ1n) is 7.89. The molecule has 2 heterocycles. The van der Waals surface area contributed by atoms with Gasteiger partial charge in [-0.2, -0.15) is 5.26 Å². The number of aromatic nitrogens is 1. The number of hydrogen-bond acceptors (Lipinski definition) is 5. The van der Waals surface area contributed by atoms with Crippen molar-refractivity contribution >= 4 is 23.1 Å². The van der Waals surface area contributed by atoms with Gasteiger partial charge in [0.1, 0.15) is 16.8 Å². The van der Waals surface area contributed by atoms with Crippen molar-refractivity contribution in [3.05, 3.63) is 34.1 Å². The molecular formula is C18H22ClN3O2. The van der Waals surface area contributed by atoms with E-state index in [1.165, 1.54) is 6.92 Å². The van der Waals surface area contributed by atoms with Crippen molar-refractivity contribution in [3.8, 4) is 6.07 Å². The quantitative estimate of drug-likeness (QED) is 0.474. The van der Waals surface area contributed by atoms with E-state index in [0.29, 0.717) is 23.9 Å². The predicted octanol–water partition coefficient (Wildman–Crippen LogP) is 3.37. The normalized spacial score (nSPS) is 17.9. The van der Waals surface area contributed by atoms with Crippen LogP contribution in [-0.2, 0) is 9.53 Å². The van der Waals surface area contributed by atoms with E-state index >= 15 is 0 Å². The number of ether oxygens (including phenoxy) is 1. The summed E-state index contributed by atoms with van der Waals surface area (Å²) in [4.78, 5) is 18.2. The maximum atomic E-state index is 12.0. The number of methoxy groups -OCH3 is 1. The number of hydrogen-bond donors (Lipinski definition) is 0. The van der Waals surface area contributed by atoms with Gasteiger partial charge in [0.15, 0.2) is 5.78 Å². The number of aryl methyl sites for hydroxylation is 1. The lowest BCUT2D eigenvalue weighted by Gasteiger charge is -2.41. The van der Waals surface area contributed by atoms with E-state index < -0.39 is 0 Å². The van der Waals surface area contributed by atoms with Gasteiger partial charge in [-0.15, -0.1) is 0 Å². The minimum Gasteiger partial charge on any atom is -0.378 e. The first kappa shape index (κ1) is 18.4. The molecule has 1 aromatic rings. The van der Waals surface area contributed by atoms with E-state index in [9.17, 15) is 10.1 Å². The van der Waals surface area contributed by atoms with Crippen molar-refractivity contribution in [1.29, 1.82) is 5.26 Å². The number of pyridine rings is 1. The molecule has 2 rings (SSSR count). The van der Waals surface area contributed by atoms with Crippen LogP contribution in [0.5, 0.6) is 0 Å². The van der Waals surface area contributed by atoms with E-state index in [0.717, 1.165) is 24.0 Å². The molecule has 0 bridgehead atoms. The highest BCUT2D eigenvalue weighted by Crippen LogP contribution is 2.33. The lowest BCUT2D eigenvalue weighted by Crippen LogP contribution is -2.43. The summed E-state index contributed by atoms with van der Waals surface area (Å²) in [6.45, 7) is 6.81. The minimum absolute atomic E-state index is 0.154. The molecule has 0 N–H and O–H groups in total. The lowest BCUT2D eigenvalue weighted by molar-refractivity contribution is -0.113. The monoisotopic (exact) mass is 347 g/mol. The lowest BCUT2D eigenvalue weighted by atomic mass is 9.91. The fraction of sp³-hybridized carbons (Fsp3) is 0.500. The van der Waals surface area contributed by atoms with Crippen LogP contribution in [0.1, 0.15) is 37.8 Å². The summed E-state index contributed by atoms with van der Waals surface area (Å²) in [5, 5.41) is 9.88. The second-order valence-electron chi connectivity index (χ2n) is 6.35. The molecule has 5 nitrogen and oxygen atoms in total. The Hall–Kier alpha value is -1.90. The van der Waals surface area contributed by atoms with Crippen LogP contribution in [0.2, 0.25) is 5.15 Å². The number of Topliss-reactive ketones (excluding diaryl/α,β-unsaturated/α-hetero) is 1. The van der Waals surface area contributed by atoms with E-state index in [1.54, 1.807) is 19.4 Å². The minimum atomic E-state index is -0.250. The Morgan fingerprint density at radius 2 is 2.08 bits per heavy atom. The maximum Gasteiger partial charge on any atom is 0.172 e. The molecule has 1 aliphatic heterocycles. The first-order chi connectivity index (χ1) is 11.3. The summed E-state index contributed by atoms with van der Waals surface area (Å²) < 4.78 is 5.58. The van der Waals surface area contributed by atoms with Gasteiger partial charge in [-0.05, 0) is 45.2 Å². The number of piperidine rings is 1. The summed E-state index contributed by atoms with van der Waals surface area (Å²) in [7, 11) is 1.72. The van der Waals surface area contributed by atoms with Gasteiger partial charge in [0.25, 0.3) is 0 Å². The van der Waals surface area contributed by atoms with Crippen molar-refractivity contribution in [2.45, 2.75) is 39.2 Å². The molecule has 0 spiro atoms. The zero-order valence-electron chi connectivity index (χ0n) is 14.5. The van der Waals surface area contributed by atoms with Gasteiger partial charge in [0.05, 0.1) is 11.3 Å². The van der Waals surface area contributed by atoms with Gasteiger partial charge < -0.3 is 9.64 Å². The Kier molecular flexibility index (Phi) is 5.63. The molecule has 0 saturated carbocycles. The van der Waals surface area contributed by atoms with E-state index in [4.69, 9.17) is 16.3 Å². The third-order valence-corrected chi connectivity index (χ3v) is 4.86. The largest absolute Gasteiger partial charge is 0.378 e. The highest BCUT2D eigenvalue weighted by atomic mass is 35.5. The Bertz CT molecular complexity index is 713. The molecule has 0 aliphatic carbocycles. The number of nitriles is 1. The van der Waals surface area contributed by atoms with E-state index in [1.807, 2.05) is 6.92 Å². The molecule has 0 amide bonds. The second-order valence-corrected chi connectivity index (χ2v) is 6.74. The topological polar surface area (TPSA) is 66.2 Å². The van der Waals surface area contributed by atoms with Crippen molar-refractivity contribution in [2.24, 2.45) is 0 Å². The zero-order valence-corrected chi connectivity index (χ0v) is 15.3. The van der Waals surface area contributed by atoms with Gasteiger partial charge in [-0.25, -0.2) is 4.98 Å². The van der Waals surface area contributed by atoms with Crippen molar-refractivity contribution < 1.29 is 9.53 Å². The van der Waals surface area contributed by atoms with Gasteiger partial charge in [0, 0.05) is 32.0 Å². The number of halogens is 1. The predicted molar refractivity (Wildman–Crippen MR) is 93.4 cm³/mol. The van der Waals surface area contributed by atoms with Crippen LogP contribution in [-0.4, -0.2) is 41.5 Å². The summed E-state index contributed by atoms with van der Waals surface area (Å²) in [6, 6.07) is 3.79. The number of nitrogens with zero attached hydrogens (tertiary/aromatic N) is 3. The van der Waals surface area contributed by atoms with Crippen LogP contribution in [0.15, 0.2) is 17.8 Å². The van der Waals surface area contributed by atoms with Crippen molar-refractivity contribution in [2.75, 3.05) is 20.2 Å². The number of ketones is 1. The highest BCUT2D eigenvalue weighted by Gasteiger charge is 2.32. The van der Waals surface area contributed by atoms with E-state index in [-0.39, 0.29) is 17.0 Å².